The molecule has 30 heavy (non-hydrogen) atoms. The molecule has 2 aromatic carbocycles. The van der Waals surface area contributed by atoms with Gasteiger partial charge in [0.25, 0.3) is 0 Å². The van der Waals surface area contributed by atoms with Gasteiger partial charge in [0, 0.05) is 7.11 Å². The van der Waals surface area contributed by atoms with E-state index in [1.54, 1.807) is 18.2 Å². The first kappa shape index (κ1) is 23.7. The van der Waals surface area contributed by atoms with Crippen molar-refractivity contribution in [3.8, 4) is 23.0 Å². The van der Waals surface area contributed by atoms with Crippen LogP contribution in [-0.4, -0.2) is 72.3 Å². The summed E-state index contributed by atoms with van der Waals surface area (Å²) in [6.45, 7) is -0.979. The second kappa shape index (κ2) is 11.0. The predicted molar refractivity (Wildman–Crippen MR) is 107 cm³/mol. The van der Waals surface area contributed by atoms with Crippen LogP contribution in [0.2, 0.25) is 0 Å². The molecule has 9 nitrogen and oxygen atoms in total. The molecule has 0 aliphatic rings. The molecule has 166 valence electrons. The summed E-state index contributed by atoms with van der Waals surface area (Å²) in [5.41, 5.74) is 0.928. The molecule has 4 atom stereocenters. The smallest absolute Gasteiger partial charge is 0.161 e. The second-order valence-electron chi connectivity index (χ2n) is 6.53. The topological polar surface area (TPSA) is 138 Å². The van der Waals surface area contributed by atoms with Crippen molar-refractivity contribution in [1.82, 2.24) is 0 Å². The van der Waals surface area contributed by atoms with Crippen LogP contribution in [0.25, 0.3) is 0 Å². The third-order valence-electron chi connectivity index (χ3n) is 4.66. The molecule has 2 rings (SSSR count). The van der Waals surface area contributed by atoms with Crippen molar-refractivity contribution in [1.29, 1.82) is 0 Å². The Morgan fingerprint density at radius 2 is 1.43 bits per heavy atom. The number of aliphatic hydroxyl groups excluding tert-OH is 4. The number of aromatic hydroxyl groups is 1. The standard InChI is InChI=1S/C21H28O9/c1-27-17-8-12(4-6-14(17)24)20(26)19(11-23)30-16-7-5-13(9-18(16)28-2)21(29-3)15(25)10-22/h4-9,15,19-26H,10-11H2,1-3H3/t15-,19-,20-,21-/m1/s1. The third-order valence-corrected chi connectivity index (χ3v) is 4.66. The minimum atomic E-state index is -1.23. The summed E-state index contributed by atoms with van der Waals surface area (Å²) in [7, 11) is 4.22. The zero-order valence-corrected chi connectivity index (χ0v) is 17.1. The van der Waals surface area contributed by atoms with Crippen LogP contribution in [0.4, 0.5) is 0 Å². The number of hydrogen-bond acceptors (Lipinski definition) is 9. The summed E-state index contributed by atoms with van der Waals surface area (Å²) in [6, 6.07) is 9.07. The Morgan fingerprint density at radius 3 is 2.00 bits per heavy atom. The first-order valence-corrected chi connectivity index (χ1v) is 9.22. The summed E-state index contributed by atoms with van der Waals surface area (Å²) < 4.78 is 21.4. The average molecular weight is 424 g/mol. The van der Waals surface area contributed by atoms with Crippen LogP contribution in [0.5, 0.6) is 23.0 Å². The number of phenols is 1. The normalized spacial score (nSPS) is 15.2. The molecule has 0 unspecified atom stereocenters. The van der Waals surface area contributed by atoms with E-state index in [0.29, 0.717) is 11.1 Å². The van der Waals surface area contributed by atoms with Crippen LogP contribution in [0, 0.1) is 0 Å². The lowest BCUT2D eigenvalue weighted by molar-refractivity contribution is -0.0394. The van der Waals surface area contributed by atoms with Crippen LogP contribution < -0.4 is 14.2 Å². The molecule has 0 heterocycles. The van der Waals surface area contributed by atoms with Gasteiger partial charge in [0.15, 0.2) is 29.1 Å². The first-order chi connectivity index (χ1) is 14.4. The van der Waals surface area contributed by atoms with Gasteiger partial charge in [-0.15, -0.1) is 0 Å². The summed E-state index contributed by atoms with van der Waals surface area (Å²) in [6.07, 6.45) is -4.17. The molecule has 0 saturated carbocycles. The van der Waals surface area contributed by atoms with Gasteiger partial charge < -0.3 is 44.5 Å². The number of methoxy groups -OCH3 is 3. The lowest BCUT2D eigenvalue weighted by atomic mass is 10.0. The second-order valence-corrected chi connectivity index (χ2v) is 6.53. The fourth-order valence-electron chi connectivity index (χ4n) is 3.03. The lowest BCUT2D eigenvalue weighted by Crippen LogP contribution is -2.29. The number of ether oxygens (including phenoxy) is 4. The molecule has 0 saturated heterocycles. The van der Waals surface area contributed by atoms with Gasteiger partial charge in [-0.05, 0) is 35.4 Å². The zero-order valence-electron chi connectivity index (χ0n) is 17.1. The first-order valence-electron chi connectivity index (χ1n) is 9.22. The van der Waals surface area contributed by atoms with E-state index < -0.39 is 37.6 Å². The fourth-order valence-corrected chi connectivity index (χ4v) is 3.03. The van der Waals surface area contributed by atoms with E-state index in [1.807, 2.05) is 0 Å². The van der Waals surface area contributed by atoms with E-state index in [2.05, 4.69) is 0 Å². The summed E-state index contributed by atoms with van der Waals surface area (Å²) in [4.78, 5) is 0. The molecule has 0 bridgehead atoms. The van der Waals surface area contributed by atoms with Gasteiger partial charge >= 0.3 is 0 Å². The van der Waals surface area contributed by atoms with Crippen LogP contribution in [-0.2, 0) is 4.74 Å². The number of rotatable bonds is 11. The Bertz CT molecular complexity index is 811. The number of phenolic OH excluding ortho intramolecular Hbond substituents is 1. The van der Waals surface area contributed by atoms with Gasteiger partial charge in [-0.1, -0.05) is 12.1 Å². The molecule has 0 aromatic heterocycles. The Labute approximate surface area is 174 Å². The summed E-state index contributed by atoms with van der Waals surface area (Å²) >= 11 is 0. The molecule has 0 fully saturated rings. The van der Waals surface area contributed by atoms with Gasteiger partial charge in [0.2, 0.25) is 0 Å². The molecular formula is C21H28O9. The predicted octanol–water partition coefficient (Wildman–Crippen LogP) is 0.923. The van der Waals surface area contributed by atoms with E-state index in [1.165, 1.54) is 39.5 Å². The molecule has 9 heteroatoms. The molecule has 0 radical (unpaired) electrons. The van der Waals surface area contributed by atoms with Gasteiger partial charge in [0.1, 0.15) is 18.3 Å². The van der Waals surface area contributed by atoms with E-state index in [9.17, 15) is 25.5 Å². The highest BCUT2D eigenvalue weighted by Gasteiger charge is 2.26. The van der Waals surface area contributed by atoms with Gasteiger partial charge in [-0.3, -0.25) is 0 Å². The highest BCUT2D eigenvalue weighted by molar-refractivity contribution is 5.45. The quantitative estimate of drug-likeness (QED) is 0.356. The monoisotopic (exact) mass is 424 g/mol. The summed E-state index contributed by atoms with van der Waals surface area (Å²) in [5, 5.41) is 49.2. The molecule has 0 spiro atoms. The van der Waals surface area contributed by atoms with Crippen molar-refractivity contribution < 1.29 is 44.5 Å². The minimum absolute atomic E-state index is 0.0788. The van der Waals surface area contributed by atoms with Crippen molar-refractivity contribution in [2.45, 2.75) is 24.4 Å². The van der Waals surface area contributed by atoms with Crippen molar-refractivity contribution in [3.63, 3.8) is 0 Å². The fraction of sp³-hybridized carbons (Fsp3) is 0.429. The van der Waals surface area contributed by atoms with E-state index in [0.717, 1.165) is 0 Å². The maximum Gasteiger partial charge on any atom is 0.161 e. The molecule has 0 aliphatic carbocycles. The lowest BCUT2D eigenvalue weighted by Gasteiger charge is -2.25. The summed E-state index contributed by atoms with van der Waals surface area (Å²) in [5.74, 6) is 0.634. The van der Waals surface area contributed by atoms with Gasteiger partial charge in [-0.25, -0.2) is 0 Å². The number of aliphatic hydroxyl groups is 4. The van der Waals surface area contributed by atoms with Gasteiger partial charge in [0.05, 0.1) is 27.4 Å². The van der Waals surface area contributed by atoms with Gasteiger partial charge in [-0.2, -0.15) is 0 Å². The molecule has 0 aliphatic heterocycles. The Hall–Kier alpha value is -2.56. The number of benzene rings is 2. The van der Waals surface area contributed by atoms with E-state index in [-0.39, 0.29) is 23.0 Å². The maximum atomic E-state index is 10.7. The Balaban J connectivity index is 2.28. The number of hydrogen-bond donors (Lipinski definition) is 5. The van der Waals surface area contributed by atoms with Crippen LogP contribution in [0.15, 0.2) is 36.4 Å². The van der Waals surface area contributed by atoms with E-state index >= 15 is 0 Å². The Kier molecular flexibility index (Phi) is 8.70. The van der Waals surface area contributed by atoms with Crippen molar-refractivity contribution in [3.05, 3.63) is 47.5 Å². The SMILES string of the molecule is COc1cc([C@@H](O)[C@@H](CO)Oc2ccc([C@@H](OC)[C@H](O)CO)cc2OC)ccc1O. The Morgan fingerprint density at radius 1 is 0.800 bits per heavy atom. The molecule has 0 amide bonds. The highest BCUT2D eigenvalue weighted by Crippen LogP contribution is 2.35. The minimum Gasteiger partial charge on any atom is -0.504 e. The van der Waals surface area contributed by atoms with Crippen LogP contribution >= 0.6 is 0 Å². The van der Waals surface area contributed by atoms with Crippen molar-refractivity contribution >= 4 is 0 Å². The van der Waals surface area contributed by atoms with E-state index in [4.69, 9.17) is 18.9 Å². The van der Waals surface area contributed by atoms with Crippen molar-refractivity contribution in [2.75, 3.05) is 34.5 Å². The highest BCUT2D eigenvalue weighted by atomic mass is 16.5. The van der Waals surface area contributed by atoms with Crippen LogP contribution in [0.1, 0.15) is 23.3 Å². The molecule has 5 N–H and O–H groups in total. The molecular weight excluding hydrogens is 396 g/mol. The molecule has 2 aromatic rings. The largest absolute Gasteiger partial charge is 0.504 e. The maximum absolute atomic E-state index is 10.7. The van der Waals surface area contributed by atoms with Crippen molar-refractivity contribution in [2.24, 2.45) is 0 Å². The average Bonchev–Trinajstić information content (AvgIpc) is 2.78. The third kappa shape index (κ3) is 5.32. The van der Waals surface area contributed by atoms with Crippen LogP contribution in [0.3, 0.4) is 0 Å². The zero-order chi connectivity index (χ0) is 22.3.